The van der Waals surface area contributed by atoms with Crippen LogP contribution in [0.3, 0.4) is 0 Å². The zero-order valence-electron chi connectivity index (χ0n) is 13.7. The van der Waals surface area contributed by atoms with Crippen molar-refractivity contribution in [3.05, 3.63) is 58.9 Å². The third kappa shape index (κ3) is 4.14. The van der Waals surface area contributed by atoms with E-state index in [-0.39, 0.29) is 17.5 Å². The van der Waals surface area contributed by atoms with Crippen molar-refractivity contribution in [2.45, 2.75) is 12.1 Å². The summed E-state index contributed by atoms with van der Waals surface area (Å²) in [4.78, 5) is 12.0. The molecule has 0 saturated carbocycles. The molecule has 3 aromatic rings. The summed E-state index contributed by atoms with van der Waals surface area (Å²) >= 11 is 7.00. The van der Waals surface area contributed by atoms with Crippen LogP contribution in [-0.2, 0) is 4.79 Å². The van der Waals surface area contributed by atoms with E-state index in [1.807, 2.05) is 0 Å². The Morgan fingerprint density at radius 3 is 2.69 bits per heavy atom. The highest BCUT2D eigenvalue weighted by Gasteiger charge is 2.14. The summed E-state index contributed by atoms with van der Waals surface area (Å²) in [7, 11) is 0. The molecule has 2 aromatic carbocycles. The first-order valence-corrected chi connectivity index (χ1v) is 8.95. The Hall–Kier alpha value is -2.58. The topological polar surface area (TPSA) is 85.8 Å². The monoisotopic (exact) mass is 391 g/mol. The molecule has 0 fully saturated rings. The molecule has 3 rings (SSSR count). The number of thioether (sulfide) groups is 1. The molecular formula is C17H15ClFN5OS. The molecule has 3 N–H and O–H groups in total. The molecule has 26 heavy (non-hydrogen) atoms. The van der Waals surface area contributed by atoms with Crippen LogP contribution >= 0.6 is 23.4 Å². The Bertz CT molecular complexity index is 945. The molecule has 0 aliphatic rings. The number of aromatic nitrogens is 3. The number of nitrogens with two attached hydrogens (primary N) is 1. The second-order valence-corrected chi connectivity index (χ2v) is 6.86. The summed E-state index contributed by atoms with van der Waals surface area (Å²) in [6.45, 7) is 1.66. The lowest BCUT2D eigenvalue weighted by Crippen LogP contribution is -2.16. The SMILES string of the molecule is Cc1ccc(NC(=O)CSc2nnc(-c3ccc(Cl)cc3)n2N)cc1F. The zero-order valence-corrected chi connectivity index (χ0v) is 15.3. The molecular weight excluding hydrogens is 377 g/mol. The summed E-state index contributed by atoms with van der Waals surface area (Å²) in [6.07, 6.45) is 0. The molecule has 1 heterocycles. The Morgan fingerprint density at radius 1 is 1.27 bits per heavy atom. The van der Waals surface area contributed by atoms with E-state index in [9.17, 15) is 9.18 Å². The first-order valence-electron chi connectivity index (χ1n) is 7.59. The van der Waals surface area contributed by atoms with Crippen LogP contribution in [0.4, 0.5) is 10.1 Å². The van der Waals surface area contributed by atoms with Crippen molar-refractivity contribution < 1.29 is 9.18 Å². The molecule has 134 valence electrons. The number of amides is 1. The summed E-state index contributed by atoms with van der Waals surface area (Å²) < 4.78 is 14.8. The predicted octanol–water partition coefficient (Wildman–Crippen LogP) is 3.49. The molecule has 0 saturated heterocycles. The van der Waals surface area contributed by atoms with Crippen LogP contribution in [0, 0.1) is 12.7 Å². The Balaban J connectivity index is 1.63. The fourth-order valence-corrected chi connectivity index (χ4v) is 2.95. The number of nitrogen functional groups attached to an aromatic ring is 1. The maximum absolute atomic E-state index is 13.5. The number of nitrogens with one attached hydrogen (secondary N) is 1. The van der Waals surface area contributed by atoms with E-state index in [0.717, 1.165) is 17.3 Å². The minimum absolute atomic E-state index is 0.0610. The van der Waals surface area contributed by atoms with Crippen LogP contribution in [0.5, 0.6) is 0 Å². The molecule has 1 aromatic heterocycles. The number of carbonyl (C=O) groups is 1. The van der Waals surface area contributed by atoms with E-state index in [2.05, 4.69) is 15.5 Å². The van der Waals surface area contributed by atoms with Crippen molar-refractivity contribution in [2.24, 2.45) is 0 Å². The molecule has 0 radical (unpaired) electrons. The standard InChI is InChI=1S/C17H15ClFN5OS/c1-10-2-7-13(8-14(10)19)21-15(25)9-26-17-23-22-16(24(17)20)11-3-5-12(18)6-4-11/h2-8H,9,20H2,1H3,(H,21,25). The van der Waals surface area contributed by atoms with Crippen LogP contribution < -0.4 is 11.2 Å². The van der Waals surface area contributed by atoms with E-state index in [1.54, 1.807) is 43.3 Å². The lowest BCUT2D eigenvalue weighted by Gasteiger charge is -2.06. The lowest BCUT2D eigenvalue weighted by molar-refractivity contribution is -0.113. The smallest absolute Gasteiger partial charge is 0.234 e. The number of hydrogen-bond acceptors (Lipinski definition) is 5. The fraction of sp³-hybridized carbons (Fsp3) is 0.118. The first kappa shape index (κ1) is 18.2. The molecule has 0 spiro atoms. The summed E-state index contributed by atoms with van der Waals surface area (Å²) in [6, 6.07) is 11.5. The van der Waals surface area contributed by atoms with Crippen LogP contribution in [0.1, 0.15) is 5.56 Å². The van der Waals surface area contributed by atoms with Gasteiger partial charge in [0, 0.05) is 16.3 Å². The van der Waals surface area contributed by atoms with Gasteiger partial charge in [-0.15, -0.1) is 10.2 Å². The summed E-state index contributed by atoms with van der Waals surface area (Å²) in [5.41, 5.74) is 1.67. The highest BCUT2D eigenvalue weighted by atomic mass is 35.5. The van der Waals surface area contributed by atoms with Gasteiger partial charge in [0.15, 0.2) is 5.82 Å². The van der Waals surface area contributed by atoms with E-state index >= 15 is 0 Å². The number of benzene rings is 2. The Labute approximate surface area is 158 Å². The van der Waals surface area contributed by atoms with Gasteiger partial charge in [0.2, 0.25) is 11.1 Å². The van der Waals surface area contributed by atoms with Crippen molar-refractivity contribution in [1.29, 1.82) is 0 Å². The number of rotatable bonds is 5. The van der Waals surface area contributed by atoms with Gasteiger partial charge < -0.3 is 11.2 Å². The summed E-state index contributed by atoms with van der Waals surface area (Å²) in [5, 5.41) is 11.7. The van der Waals surface area contributed by atoms with Crippen molar-refractivity contribution in [2.75, 3.05) is 16.9 Å². The number of nitrogens with zero attached hydrogens (tertiary/aromatic N) is 3. The summed E-state index contributed by atoms with van der Waals surface area (Å²) in [5.74, 6) is 5.86. The van der Waals surface area contributed by atoms with Crippen LogP contribution in [0.25, 0.3) is 11.4 Å². The van der Waals surface area contributed by atoms with Crippen LogP contribution in [0.15, 0.2) is 47.6 Å². The minimum atomic E-state index is -0.371. The van der Waals surface area contributed by atoms with Gasteiger partial charge in [0.25, 0.3) is 0 Å². The normalized spacial score (nSPS) is 10.7. The van der Waals surface area contributed by atoms with E-state index < -0.39 is 0 Å². The van der Waals surface area contributed by atoms with E-state index in [1.165, 1.54) is 10.7 Å². The second-order valence-electron chi connectivity index (χ2n) is 5.48. The van der Waals surface area contributed by atoms with Gasteiger partial charge in [-0.2, -0.15) is 0 Å². The average Bonchev–Trinajstić information content (AvgIpc) is 2.98. The van der Waals surface area contributed by atoms with Gasteiger partial charge in [-0.25, -0.2) is 9.07 Å². The van der Waals surface area contributed by atoms with Crippen LogP contribution in [0.2, 0.25) is 5.02 Å². The first-order chi connectivity index (χ1) is 12.4. The van der Waals surface area contributed by atoms with Gasteiger partial charge in [0.1, 0.15) is 5.82 Å². The molecule has 0 bridgehead atoms. The van der Waals surface area contributed by atoms with Crippen molar-refractivity contribution in [3.8, 4) is 11.4 Å². The highest BCUT2D eigenvalue weighted by Crippen LogP contribution is 2.23. The van der Waals surface area contributed by atoms with E-state index in [0.29, 0.717) is 27.3 Å². The minimum Gasteiger partial charge on any atom is -0.335 e. The van der Waals surface area contributed by atoms with E-state index in [4.69, 9.17) is 17.4 Å². The third-order valence-corrected chi connectivity index (χ3v) is 4.75. The largest absolute Gasteiger partial charge is 0.335 e. The molecule has 1 amide bonds. The third-order valence-electron chi connectivity index (χ3n) is 3.55. The van der Waals surface area contributed by atoms with Crippen molar-refractivity contribution >= 4 is 35.0 Å². The fourth-order valence-electron chi connectivity index (χ4n) is 2.17. The van der Waals surface area contributed by atoms with Crippen LogP contribution in [-0.4, -0.2) is 26.5 Å². The molecule has 0 atom stereocenters. The Kier molecular flexibility index (Phi) is 5.43. The highest BCUT2D eigenvalue weighted by molar-refractivity contribution is 7.99. The predicted molar refractivity (Wildman–Crippen MR) is 101 cm³/mol. The maximum Gasteiger partial charge on any atom is 0.234 e. The number of halogens is 2. The molecule has 6 nitrogen and oxygen atoms in total. The zero-order chi connectivity index (χ0) is 18.7. The Morgan fingerprint density at radius 2 is 2.00 bits per heavy atom. The van der Waals surface area contributed by atoms with Gasteiger partial charge in [0.05, 0.1) is 5.75 Å². The number of hydrogen-bond donors (Lipinski definition) is 2. The van der Waals surface area contributed by atoms with Gasteiger partial charge in [-0.3, -0.25) is 4.79 Å². The number of carbonyl (C=O) groups excluding carboxylic acids is 1. The number of aryl methyl sites for hydroxylation is 1. The number of anilines is 1. The lowest BCUT2D eigenvalue weighted by atomic mass is 10.2. The van der Waals surface area contributed by atoms with Gasteiger partial charge in [-0.05, 0) is 48.9 Å². The second kappa shape index (κ2) is 7.76. The molecule has 9 heteroatoms. The van der Waals surface area contributed by atoms with Crippen molar-refractivity contribution in [3.63, 3.8) is 0 Å². The maximum atomic E-state index is 13.5. The molecule has 0 unspecified atom stereocenters. The molecule has 0 aliphatic carbocycles. The van der Waals surface area contributed by atoms with Gasteiger partial charge in [-0.1, -0.05) is 29.4 Å². The molecule has 0 aliphatic heterocycles. The quantitative estimate of drug-likeness (QED) is 0.513. The van der Waals surface area contributed by atoms with Crippen molar-refractivity contribution in [1.82, 2.24) is 14.9 Å². The average molecular weight is 392 g/mol. The van der Waals surface area contributed by atoms with Gasteiger partial charge >= 0.3 is 0 Å².